The maximum Gasteiger partial charge on any atom is 0.306 e. The number of nitrogens with one attached hydrogen (secondary N) is 1. The van der Waals surface area contributed by atoms with Gasteiger partial charge in [0.25, 0.3) is 5.91 Å². The fraction of sp³-hybridized carbons (Fsp3) is 0.564. The Morgan fingerprint density at radius 3 is 2.24 bits per heavy atom. The minimum absolute atomic E-state index is 0.0110. The van der Waals surface area contributed by atoms with E-state index in [1.165, 1.54) is 38.4 Å². The second-order valence-corrected chi connectivity index (χ2v) is 15.5. The van der Waals surface area contributed by atoms with E-state index in [1.54, 1.807) is 18.2 Å². The van der Waals surface area contributed by atoms with Crippen molar-refractivity contribution in [1.82, 2.24) is 14.7 Å². The zero-order valence-electron chi connectivity index (χ0n) is 29.1. The second-order valence-electron chi connectivity index (χ2n) is 14.7. The van der Waals surface area contributed by atoms with Crippen molar-refractivity contribution in [2.45, 2.75) is 95.0 Å². The van der Waals surface area contributed by atoms with Gasteiger partial charge in [0, 0.05) is 62.1 Å². The summed E-state index contributed by atoms with van der Waals surface area (Å²) in [4.78, 5) is 47.1. The number of halogens is 2. The van der Waals surface area contributed by atoms with Crippen LogP contribution in [0.4, 0.5) is 5.69 Å². The Hall–Kier alpha value is -2.99. The number of nitrogens with zero attached hydrogens (tertiary/aromatic N) is 3. The lowest BCUT2D eigenvalue weighted by Crippen LogP contribution is -2.71. The summed E-state index contributed by atoms with van der Waals surface area (Å²) in [5.41, 5.74) is 1.88. The highest BCUT2D eigenvalue weighted by Gasteiger charge is 2.53. The molecule has 4 aliphatic rings. The highest BCUT2D eigenvalue weighted by atomic mass is 35.5. The topological polar surface area (TPSA) is 116 Å². The molecule has 7 rings (SSSR count). The number of aliphatic carboxylic acids is 1. The first-order valence-corrected chi connectivity index (χ1v) is 19.4. The van der Waals surface area contributed by atoms with Crippen molar-refractivity contribution < 1.29 is 28.6 Å². The molecule has 1 unspecified atom stereocenters. The van der Waals surface area contributed by atoms with Crippen LogP contribution in [0.2, 0.25) is 10.0 Å². The van der Waals surface area contributed by atoms with Crippen molar-refractivity contribution in [3.8, 4) is 0 Å². The van der Waals surface area contributed by atoms with Gasteiger partial charge in [0.05, 0.1) is 28.3 Å². The molecular formula is C39H48Cl2N4O6. The predicted octanol–water partition coefficient (Wildman–Crippen LogP) is 7.46. The van der Waals surface area contributed by atoms with Gasteiger partial charge in [-0.05, 0) is 75.1 Å². The van der Waals surface area contributed by atoms with Gasteiger partial charge in [0.1, 0.15) is 11.8 Å². The summed E-state index contributed by atoms with van der Waals surface area (Å²) in [6.07, 6.45) is 11.7. The summed E-state index contributed by atoms with van der Waals surface area (Å²) in [5, 5.41) is 13.8. The highest BCUT2D eigenvalue weighted by molar-refractivity contribution is 6.36. The summed E-state index contributed by atoms with van der Waals surface area (Å²) < 4.78 is 12.7. The number of rotatable bonds is 11. The molecule has 2 N–H and O–H groups in total. The molecule has 3 aromatic rings. The largest absolute Gasteiger partial charge is 0.481 e. The Balaban J connectivity index is 1.14. The first kappa shape index (κ1) is 36.4. The van der Waals surface area contributed by atoms with Gasteiger partial charge in [-0.3, -0.25) is 29.1 Å². The van der Waals surface area contributed by atoms with Gasteiger partial charge in [-0.2, -0.15) is 0 Å². The number of benzene rings is 2. The molecule has 2 aromatic carbocycles. The second kappa shape index (κ2) is 15.9. The van der Waals surface area contributed by atoms with Crippen LogP contribution < -0.4 is 5.32 Å². The lowest BCUT2D eigenvalue weighted by atomic mass is 9.87. The number of carboxylic acids is 1. The van der Waals surface area contributed by atoms with E-state index >= 15 is 4.79 Å². The quantitative estimate of drug-likeness (QED) is 0.207. The van der Waals surface area contributed by atoms with Crippen molar-refractivity contribution in [2.24, 2.45) is 5.92 Å². The van der Waals surface area contributed by atoms with Gasteiger partial charge in [-0.25, -0.2) is 0 Å². The number of furan rings is 1. The summed E-state index contributed by atoms with van der Waals surface area (Å²) in [6.45, 7) is 4.62. The van der Waals surface area contributed by atoms with Crippen LogP contribution >= 0.6 is 23.2 Å². The summed E-state index contributed by atoms with van der Waals surface area (Å²) in [5.74, 6) is -2.93. The molecule has 0 radical (unpaired) electrons. The molecule has 2 aliphatic heterocycles. The average molecular weight is 740 g/mol. The zero-order valence-corrected chi connectivity index (χ0v) is 30.6. The average Bonchev–Trinajstić information content (AvgIpc) is 3.85. The molecule has 4 fully saturated rings. The van der Waals surface area contributed by atoms with Gasteiger partial charge in [-0.1, -0.05) is 60.7 Å². The van der Waals surface area contributed by atoms with Gasteiger partial charge in [-0.15, -0.1) is 0 Å². The van der Waals surface area contributed by atoms with Crippen LogP contribution in [0.25, 0.3) is 11.0 Å². The molecule has 274 valence electrons. The molecule has 51 heavy (non-hydrogen) atoms. The molecule has 0 bridgehead atoms. The Kier molecular flexibility index (Phi) is 11.4. The van der Waals surface area contributed by atoms with E-state index < -0.39 is 11.8 Å². The zero-order chi connectivity index (χ0) is 35.5. The van der Waals surface area contributed by atoms with E-state index in [4.69, 9.17) is 32.4 Å². The Morgan fingerprint density at radius 2 is 1.53 bits per heavy atom. The predicted molar refractivity (Wildman–Crippen MR) is 197 cm³/mol. The molecule has 10 nitrogen and oxygen atoms in total. The minimum atomic E-state index is -1.30. The monoisotopic (exact) mass is 738 g/mol. The van der Waals surface area contributed by atoms with Crippen LogP contribution in [0.3, 0.4) is 0 Å². The number of Topliss-reactive ketones (excluding diaryl/α,β-unsaturated/α-hetero) is 1. The number of ketones is 1. The van der Waals surface area contributed by atoms with Crippen molar-refractivity contribution in [3.05, 3.63) is 63.8 Å². The lowest BCUT2D eigenvalue weighted by molar-refractivity contribution is -0.261. The SMILES string of the molecule is O=C(Nc1cc(Cl)c(CC(=O)C(O[C@H]2CC[C@H](C(=O)O)CC2)(N2CCCC2)N2CCN(C3CCCCC3)CC2)cc1Cl)c1coc2ccccc12. The molecule has 1 atom stereocenters. The van der Waals surface area contributed by atoms with Gasteiger partial charge in [0.2, 0.25) is 5.85 Å². The van der Waals surface area contributed by atoms with E-state index in [0.717, 1.165) is 39.0 Å². The summed E-state index contributed by atoms with van der Waals surface area (Å²) in [6, 6.07) is 11.2. The van der Waals surface area contributed by atoms with E-state index in [2.05, 4.69) is 20.0 Å². The fourth-order valence-corrected chi connectivity index (χ4v) is 9.20. The number of fused-ring (bicyclic) bond motifs is 1. The number of piperazine rings is 1. The number of amides is 1. The molecule has 2 saturated carbocycles. The Labute approximate surface area is 309 Å². The van der Waals surface area contributed by atoms with E-state index in [-0.39, 0.29) is 35.2 Å². The maximum atomic E-state index is 15.1. The molecule has 1 amide bonds. The van der Waals surface area contributed by atoms with Crippen molar-refractivity contribution in [2.75, 3.05) is 44.6 Å². The Bertz CT molecular complexity index is 1720. The van der Waals surface area contributed by atoms with Crippen molar-refractivity contribution in [3.63, 3.8) is 0 Å². The van der Waals surface area contributed by atoms with E-state index in [0.29, 0.717) is 77.6 Å². The van der Waals surface area contributed by atoms with E-state index in [9.17, 15) is 14.7 Å². The number of carbonyl (C=O) groups excluding carboxylic acids is 2. The lowest BCUT2D eigenvalue weighted by Gasteiger charge is -2.53. The Morgan fingerprint density at radius 1 is 0.843 bits per heavy atom. The number of ether oxygens (including phenoxy) is 1. The van der Waals surface area contributed by atoms with Crippen LogP contribution in [0.5, 0.6) is 0 Å². The minimum Gasteiger partial charge on any atom is -0.481 e. The molecule has 12 heteroatoms. The number of anilines is 1. The standard InChI is InChI=1S/C39H48Cl2N4O6/c40-32-24-34(42-37(47)31-25-50-35-11-5-4-10-30(31)35)33(41)22-27(32)23-36(46)39(44-16-6-7-17-44,51-29-14-12-26(13-15-29)38(48)49)45-20-18-43(19-21-45)28-8-2-1-3-9-28/h4-5,10-11,22,24-26,28-29H,1-3,6-9,12-21,23H2,(H,42,47)(H,48,49)/t26-,29-,39?. The molecule has 0 spiro atoms. The van der Waals surface area contributed by atoms with Crippen LogP contribution in [0.15, 0.2) is 47.1 Å². The molecule has 2 saturated heterocycles. The van der Waals surface area contributed by atoms with E-state index in [1.807, 2.05) is 18.2 Å². The van der Waals surface area contributed by atoms with Gasteiger partial charge in [0.15, 0.2) is 5.78 Å². The number of carbonyl (C=O) groups is 3. The fourth-order valence-electron chi connectivity index (χ4n) is 8.73. The molecule has 2 aliphatic carbocycles. The van der Waals surface area contributed by atoms with Crippen LogP contribution in [-0.4, -0.2) is 94.7 Å². The molecule has 3 heterocycles. The van der Waals surface area contributed by atoms with Gasteiger partial charge < -0.3 is 19.6 Å². The third-order valence-corrected chi connectivity index (χ3v) is 12.2. The number of likely N-dealkylation sites (tertiary alicyclic amines) is 1. The first-order valence-electron chi connectivity index (χ1n) is 18.7. The smallest absolute Gasteiger partial charge is 0.306 e. The summed E-state index contributed by atoms with van der Waals surface area (Å²) in [7, 11) is 0. The maximum absolute atomic E-state index is 15.1. The third kappa shape index (κ3) is 7.73. The molecular weight excluding hydrogens is 691 g/mol. The number of para-hydroxylation sites is 1. The number of carboxylic acid groups (broad SMARTS) is 1. The number of hydrogen-bond donors (Lipinski definition) is 2. The van der Waals surface area contributed by atoms with Crippen LogP contribution in [0.1, 0.15) is 86.6 Å². The highest BCUT2D eigenvalue weighted by Crippen LogP contribution is 2.38. The first-order chi connectivity index (χ1) is 24.7. The normalized spacial score (nSPS) is 24.0. The van der Waals surface area contributed by atoms with Gasteiger partial charge >= 0.3 is 5.97 Å². The molecule has 1 aromatic heterocycles. The number of hydrogen-bond acceptors (Lipinski definition) is 8. The third-order valence-electron chi connectivity index (χ3n) is 11.5. The van der Waals surface area contributed by atoms with Crippen LogP contribution in [0, 0.1) is 5.92 Å². The summed E-state index contributed by atoms with van der Waals surface area (Å²) >= 11 is 13.6. The van der Waals surface area contributed by atoms with Crippen molar-refractivity contribution in [1.29, 1.82) is 0 Å². The van der Waals surface area contributed by atoms with Crippen LogP contribution in [-0.2, 0) is 20.7 Å². The van der Waals surface area contributed by atoms with Crippen molar-refractivity contribution >= 4 is 57.5 Å².